The summed E-state index contributed by atoms with van der Waals surface area (Å²) in [5.74, 6) is -0.267. The van der Waals surface area contributed by atoms with Crippen LogP contribution < -0.4 is 14.9 Å². The van der Waals surface area contributed by atoms with Gasteiger partial charge in [-0.05, 0) is 60.7 Å². The molecule has 30 heavy (non-hydrogen) atoms. The van der Waals surface area contributed by atoms with Crippen LogP contribution in [0.25, 0.3) is 0 Å². The lowest BCUT2D eigenvalue weighted by Gasteiger charge is -2.21. The van der Waals surface area contributed by atoms with E-state index in [-0.39, 0.29) is 17.3 Å². The molecule has 1 fully saturated rings. The first-order valence-electron chi connectivity index (χ1n) is 9.80. The molecule has 156 valence electrons. The van der Waals surface area contributed by atoms with Crippen molar-refractivity contribution in [3.05, 3.63) is 76.5 Å². The summed E-state index contributed by atoms with van der Waals surface area (Å²) < 4.78 is 27.5. The zero-order valence-electron chi connectivity index (χ0n) is 16.4. The number of para-hydroxylation sites is 2. The van der Waals surface area contributed by atoms with Crippen LogP contribution in [-0.2, 0) is 16.6 Å². The third-order valence-electron chi connectivity index (χ3n) is 5.04. The molecule has 0 aliphatic carbocycles. The number of benzene rings is 2. The van der Waals surface area contributed by atoms with Crippen molar-refractivity contribution in [3.63, 3.8) is 0 Å². The minimum Gasteiger partial charge on any atom is -0.370 e. The Morgan fingerprint density at radius 3 is 2.40 bits per heavy atom. The zero-order chi connectivity index (χ0) is 21.0. The van der Waals surface area contributed by atoms with Gasteiger partial charge in [-0.25, -0.2) is 13.1 Å². The Labute approximate surface area is 180 Å². The lowest BCUT2D eigenvalue weighted by atomic mass is 10.2. The van der Waals surface area contributed by atoms with Crippen LogP contribution in [0.4, 0.5) is 11.4 Å². The minimum atomic E-state index is -3.64. The van der Waals surface area contributed by atoms with Crippen molar-refractivity contribution in [1.29, 1.82) is 0 Å². The molecular formula is C22H23N3O3S2. The van der Waals surface area contributed by atoms with E-state index in [1.807, 2.05) is 41.8 Å². The van der Waals surface area contributed by atoms with E-state index < -0.39 is 10.0 Å². The van der Waals surface area contributed by atoms with Crippen LogP contribution in [0.15, 0.2) is 70.9 Å². The molecule has 2 heterocycles. The van der Waals surface area contributed by atoms with Gasteiger partial charge < -0.3 is 10.2 Å². The molecule has 0 bridgehead atoms. The van der Waals surface area contributed by atoms with Gasteiger partial charge in [0, 0.05) is 30.1 Å². The smallest absolute Gasteiger partial charge is 0.255 e. The molecule has 3 aromatic rings. The fourth-order valence-electron chi connectivity index (χ4n) is 3.46. The Hall–Kier alpha value is -2.68. The number of rotatable bonds is 7. The Morgan fingerprint density at radius 1 is 0.967 bits per heavy atom. The van der Waals surface area contributed by atoms with Crippen molar-refractivity contribution >= 4 is 38.6 Å². The van der Waals surface area contributed by atoms with E-state index in [0.29, 0.717) is 5.56 Å². The third kappa shape index (κ3) is 4.72. The Kier molecular flexibility index (Phi) is 6.17. The second-order valence-electron chi connectivity index (χ2n) is 7.09. The molecule has 4 rings (SSSR count). The van der Waals surface area contributed by atoms with Crippen LogP contribution >= 0.6 is 11.3 Å². The number of hydrogen-bond acceptors (Lipinski definition) is 5. The number of carbonyl (C=O) groups excluding carboxylic acids is 1. The maximum Gasteiger partial charge on any atom is 0.255 e. The quantitative estimate of drug-likeness (QED) is 0.579. The molecule has 1 aliphatic heterocycles. The van der Waals surface area contributed by atoms with E-state index in [4.69, 9.17) is 0 Å². The van der Waals surface area contributed by atoms with Crippen LogP contribution in [0.2, 0.25) is 0 Å². The summed E-state index contributed by atoms with van der Waals surface area (Å²) in [6, 6.07) is 17.5. The van der Waals surface area contributed by atoms with Gasteiger partial charge in [-0.15, -0.1) is 11.3 Å². The predicted molar refractivity (Wildman–Crippen MR) is 121 cm³/mol. The Morgan fingerprint density at radius 2 is 1.70 bits per heavy atom. The highest BCUT2D eigenvalue weighted by Crippen LogP contribution is 2.29. The van der Waals surface area contributed by atoms with E-state index in [2.05, 4.69) is 14.9 Å². The maximum atomic E-state index is 12.7. The number of anilines is 2. The van der Waals surface area contributed by atoms with E-state index in [1.165, 1.54) is 35.6 Å². The summed E-state index contributed by atoms with van der Waals surface area (Å²) in [6.45, 7) is 2.21. The number of hydrogen-bond donors (Lipinski definition) is 2. The molecule has 0 spiro atoms. The van der Waals surface area contributed by atoms with Gasteiger partial charge in [-0.2, -0.15) is 0 Å². The topological polar surface area (TPSA) is 78.5 Å². The second kappa shape index (κ2) is 8.99. The lowest BCUT2D eigenvalue weighted by Crippen LogP contribution is -2.23. The molecule has 1 aromatic heterocycles. The van der Waals surface area contributed by atoms with Gasteiger partial charge in [0.2, 0.25) is 10.0 Å². The second-order valence-corrected chi connectivity index (χ2v) is 9.89. The normalized spacial score (nSPS) is 14.1. The molecule has 0 atom stereocenters. The van der Waals surface area contributed by atoms with Crippen LogP contribution in [0, 0.1) is 0 Å². The number of amides is 1. The largest absolute Gasteiger partial charge is 0.370 e. The van der Waals surface area contributed by atoms with Crippen molar-refractivity contribution in [1.82, 2.24) is 4.72 Å². The third-order valence-corrected chi connectivity index (χ3v) is 7.34. The highest BCUT2D eigenvalue weighted by molar-refractivity contribution is 7.89. The van der Waals surface area contributed by atoms with E-state index in [0.717, 1.165) is 42.2 Å². The standard InChI is InChI=1S/C22H23N3O3S2/c26-22(24-20-7-1-2-8-21(20)25-13-3-4-14-25)17-9-11-19(12-10-17)30(27,28)23-16-18-6-5-15-29-18/h1-2,5-12,15,23H,3-4,13-14,16H2,(H,24,26). The van der Waals surface area contributed by atoms with Gasteiger partial charge in [-0.1, -0.05) is 18.2 Å². The van der Waals surface area contributed by atoms with Crippen LogP contribution in [0.3, 0.4) is 0 Å². The van der Waals surface area contributed by atoms with Gasteiger partial charge in [0.05, 0.1) is 16.3 Å². The molecule has 8 heteroatoms. The molecule has 1 amide bonds. The number of thiophene rings is 1. The molecule has 2 N–H and O–H groups in total. The van der Waals surface area contributed by atoms with Gasteiger partial charge >= 0.3 is 0 Å². The van der Waals surface area contributed by atoms with E-state index >= 15 is 0 Å². The van der Waals surface area contributed by atoms with Crippen molar-refractivity contribution in [2.24, 2.45) is 0 Å². The van der Waals surface area contributed by atoms with Crippen LogP contribution in [0.5, 0.6) is 0 Å². The summed E-state index contributed by atoms with van der Waals surface area (Å²) in [5, 5.41) is 4.86. The first-order chi connectivity index (χ1) is 14.5. The SMILES string of the molecule is O=C(Nc1ccccc1N1CCCC1)c1ccc(S(=O)(=O)NCc2cccs2)cc1. The summed E-state index contributed by atoms with van der Waals surface area (Å²) in [7, 11) is -3.64. The molecule has 1 saturated heterocycles. The number of nitrogens with zero attached hydrogens (tertiary/aromatic N) is 1. The number of nitrogens with one attached hydrogen (secondary N) is 2. The number of carbonyl (C=O) groups is 1. The molecule has 0 unspecified atom stereocenters. The van der Waals surface area contributed by atoms with Crippen molar-refractivity contribution < 1.29 is 13.2 Å². The van der Waals surface area contributed by atoms with Gasteiger partial charge in [-0.3, -0.25) is 4.79 Å². The highest BCUT2D eigenvalue weighted by Gasteiger charge is 2.18. The van der Waals surface area contributed by atoms with E-state index in [9.17, 15) is 13.2 Å². The first kappa shape index (κ1) is 20.6. The van der Waals surface area contributed by atoms with Crippen molar-refractivity contribution in [3.8, 4) is 0 Å². The Balaban J connectivity index is 1.45. The van der Waals surface area contributed by atoms with Crippen molar-refractivity contribution in [2.75, 3.05) is 23.3 Å². The maximum absolute atomic E-state index is 12.7. The first-order valence-corrected chi connectivity index (χ1v) is 12.2. The molecular weight excluding hydrogens is 418 g/mol. The highest BCUT2D eigenvalue weighted by atomic mass is 32.2. The number of sulfonamides is 1. The van der Waals surface area contributed by atoms with E-state index in [1.54, 1.807) is 0 Å². The molecule has 0 radical (unpaired) electrons. The molecule has 6 nitrogen and oxygen atoms in total. The Bertz CT molecular complexity index is 1100. The monoisotopic (exact) mass is 441 g/mol. The van der Waals surface area contributed by atoms with Gasteiger partial charge in [0.1, 0.15) is 0 Å². The van der Waals surface area contributed by atoms with Crippen molar-refractivity contribution in [2.45, 2.75) is 24.3 Å². The lowest BCUT2D eigenvalue weighted by molar-refractivity contribution is 0.102. The van der Waals surface area contributed by atoms with Gasteiger partial charge in [0.15, 0.2) is 0 Å². The summed E-state index contributed by atoms with van der Waals surface area (Å²) in [5.41, 5.74) is 2.18. The fraction of sp³-hybridized carbons (Fsp3) is 0.227. The molecule has 1 aliphatic rings. The zero-order valence-corrected chi connectivity index (χ0v) is 18.0. The average Bonchev–Trinajstić information content (AvgIpc) is 3.47. The molecule has 0 saturated carbocycles. The molecule has 2 aromatic carbocycles. The summed E-state index contributed by atoms with van der Waals surface area (Å²) in [6.07, 6.45) is 2.30. The fourth-order valence-corrected chi connectivity index (χ4v) is 5.20. The summed E-state index contributed by atoms with van der Waals surface area (Å²) >= 11 is 1.49. The predicted octanol–water partition coefficient (Wildman–Crippen LogP) is 4.08. The minimum absolute atomic E-state index is 0.132. The average molecular weight is 442 g/mol. The van der Waals surface area contributed by atoms with Crippen LogP contribution in [0.1, 0.15) is 28.1 Å². The summed E-state index contributed by atoms with van der Waals surface area (Å²) in [4.78, 5) is 16.1. The van der Waals surface area contributed by atoms with Gasteiger partial charge in [0.25, 0.3) is 5.91 Å². The van der Waals surface area contributed by atoms with Crippen LogP contribution in [-0.4, -0.2) is 27.4 Å².